The summed E-state index contributed by atoms with van der Waals surface area (Å²) in [5, 5.41) is 4.21. The molecule has 0 heterocycles. The number of ether oxygens (including phenoxy) is 2. The van der Waals surface area contributed by atoms with Gasteiger partial charge in [0.1, 0.15) is 6.61 Å². The van der Waals surface area contributed by atoms with E-state index in [1.807, 2.05) is 62.4 Å². The molecule has 27 heavy (non-hydrogen) atoms. The fraction of sp³-hybridized carbons (Fsp3) is 0.333. The van der Waals surface area contributed by atoms with E-state index in [0.29, 0.717) is 19.6 Å². The minimum atomic E-state index is -0.607. The van der Waals surface area contributed by atoms with Crippen molar-refractivity contribution < 1.29 is 19.1 Å². The Kier molecular flexibility index (Phi) is 8.74. The van der Waals surface area contributed by atoms with Crippen molar-refractivity contribution in [2.75, 3.05) is 13.7 Å². The van der Waals surface area contributed by atoms with E-state index >= 15 is 0 Å². The first kappa shape index (κ1) is 21.4. The molecule has 144 valence electrons. The van der Waals surface area contributed by atoms with Crippen LogP contribution in [0.25, 0.3) is 0 Å². The zero-order valence-corrected chi connectivity index (χ0v) is 17.9. The molecule has 0 aliphatic heterocycles. The Bertz CT molecular complexity index is 774. The van der Waals surface area contributed by atoms with Crippen LogP contribution in [0.1, 0.15) is 30.5 Å². The molecule has 0 N–H and O–H groups in total. The summed E-state index contributed by atoms with van der Waals surface area (Å²) in [6.45, 7) is 4.62. The minimum Gasteiger partial charge on any atom is -0.467 e. The third-order valence-corrected chi connectivity index (χ3v) is 4.66. The molecule has 0 amide bonds. The number of benzene rings is 2. The van der Waals surface area contributed by atoms with Crippen molar-refractivity contribution in [3.63, 3.8) is 0 Å². The Morgan fingerprint density at radius 2 is 1.89 bits per heavy atom. The first-order valence-electron chi connectivity index (χ1n) is 8.73. The van der Waals surface area contributed by atoms with Crippen molar-refractivity contribution in [2.24, 2.45) is 5.16 Å². The van der Waals surface area contributed by atoms with Crippen molar-refractivity contribution in [1.82, 2.24) is 0 Å². The molecule has 0 saturated heterocycles. The molecule has 0 radical (unpaired) electrons. The zero-order valence-electron chi connectivity index (χ0n) is 15.8. The first-order chi connectivity index (χ1) is 13.0. The molecule has 5 nitrogen and oxygen atoms in total. The molecule has 1 atom stereocenters. The second kappa shape index (κ2) is 11.0. The first-order valence-corrected chi connectivity index (χ1v) is 9.81. The van der Waals surface area contributed by atoms with Gasteiger partial charge in [-0.25, -0.2) is 4.79 Å². The van der Waals surface area contributed by atoms with E-state index in [2.05, 4.69) is 27.7 Å². The summed E-state index contributed by atoms with van der Waals surface area (Å²) in [4.78, 5) is 17.3. The number of hydrogen-bond donors (Lipinski definition) is 0. The van der Waals surface area contributed by atoms with Gasteiger partial charge in [-0.05, 0) is 71.3 Å². The molecule has 0 aliphatic carbocycles. The minimum absolute atomic E-state index is 0.367. The van der Waals surface area contributed by atoms with Gasteiger partial charge in [0.15, 0.2) is 6.10 Å². The Hall–Kier alpha value is -1.93. The van der Waals surface area contributed by atoms with Crippen molar-refractivity contribution in [3.05, 3.63) is 68.8 Å². The standard InChI is InChI=1S/C21H24INO4/c1-4-26-20(21(24)25-3)13-17-6-5-7-18(12-17)15(2)23-27-14-16-8-10-19(22)11-9-16/h5-12,20H,4,13-14H2,1-3H3/b23-15+/t20-/m0/s1. The second-order valence-electron chi connectivity index (χ2n) is 5.95. The number of rotatable bonds is 9. The summed E-state index contributed by atoms with van der Waals surface area (Å²) in [7, 11) is 1.37. The van der Waals surface area contributed by atoms with Gasteiger partial charge in [0, 0.05) is 16.6 Å². The van der Waals surface area contributed by atoms with Crippen LogP contribution >= 0.6 is 22.6 Å². The normalized spacial score (nSPS) is 12.5. The lowest BCUT2D eigenvalue weighted by Gasteiger charge is -2.15. The van der Waals surface area contributed by atoms with Gasteiger partial charge in [-0.1, -0.05) is 35.5 Å². The Morgan fingerprint density at radius 1 is 1.15 bits per heavy atom. The van der Waals surface area contributed by atoms with Crippen molar-refractivity contribution in [3.8, 4) is 0 Å². The van der Waals surface area contributed by atoms with Crippen LogP contribution < -0.4 is 0 Å². The van der Waals surface area contributed by atoms with E-state index < -0.39 is 6.10 Å². The summed E-state index contributed by atoms with van der Waals surface area (Å²) in [6, 6.07) is 16.0. The van der Waals surface area contributed by atoms with Crippen LogP contribution in [0.15, 0.2) is 53.7 Å². The summed E-state index contributed by atoms with van der Waals surface area (Å²) in [5.41, 5.74) is 3.76. The van der Waals surface area contributed by atoms with Crippen LogP contribution in [0.2, 0.25) is 0 Å². The number of carbonyl (C=O) groups is 1. The van der Waals surface area contributed by atoms with Crippen LogP contribution in [-0.4, -0.2) is 31.5 Å². The Balaban J connectivity index is 2.01. The molecule has 2 aromatic carbocycles. The van der Waals surface area contributed by atoms with E-state index in [1.165, 1.54) is 10.7 Å². The molecule has 0 spiro atoms. The van der Waals surface area contributed by atoms with Crippen LogP contribution in [-0.2, 0) is 32.1 Å². The largest absolute Gasteiger partial charge is 0.467 e. The second-order valence-corrected chi connectivity index (χ2v) is 7.19. The molecule has 0 bridgehead atoms. The number of methoxy groups -OCH3 is 1. The number of oxime groups is 1. The maximum Gasteiger partial charge on any atom is 0.335 e. The molecule has 2 rings (SSSR count). The van der Waals surface area contributed by atoms with Crippen molar-refractivity contribution in [1.29, 1.82) is 0 Å². The third kappa shape index (κ3) is 6.95. The molecular weight excluding hydrogens is 457 g/mol. The number of esters is 1. The van der Waals surface area contributed by atoms with Crippen LogP contribution in [0, 0.1) is 3.57 Å². The van der Waals surface area contributed by atoms with Gasteiger partial charge in [-0.2, -0.15) is 0 Å². The van der Waals surface area contributed by atoms with E-state index in [1.54, 1.807) is 0 Å². The van der Waals surface area contributed by atoms with Crippen molar-refractivity contribution in [2.45, 2.75) is 33.0 Å². The van der Waals surface area contributed by atoms with Crippen LogP contribution in [0.5, 0.6) is 0 Å². The smallest absolute Gasteiger partial charge is 0.335 e. The Labute approximate surface area is 173 Å². The topological polar surface area (TPSA) is 57.1 Å². The number of carbonyl (C=O) groups excluding carboxylic acids is 1. The average molecular weight is 481 g/mol. The molecule has 0 aliphatic rings. The monoisotopic (exact) mass is 481 g/mol. The molecule has 6 heteroatoms. The maximum atomic E-state index is 11.8. The summed E-state index contributed by atoms with van der Waals surface area (Å²) in [5.74, 6) is -0.367. The van der Waals surface area contributed by atoms with Crippen LogP contribution in [0.4, 0.5) is 0 Å². The van der Waals surface area contributed by atoms with E-state index in [0.717, 1.165) is 22.4 Å². The fourth-order valence-electron chi connectivity index (χ4n) is 2.52. The van der Waals surface area contributed by atoms with Crippen molar-refractivity contribution >= 4 is 34.3 Å². The highest BCUT2D eigenvalue weighted by Gasteiger charge is 2.20. The van der Waals surface area contributed by atoms with Gasteiger partial charge < -0.3 is 14.3 Å². The summed E-state index contributed by atoms with van der Waals surface area (Å²) >= 11 is 2.27. The third-order valence-electron chi connectivity index (χ3n) is 3.94. The van der Waals surface area contributed by atoms with E-state index in [-0.39, 0.29) is 5.97 Å². The molecular formula is C21H24INO4. The predicted molar refractivity (Wildman–Crippen MR) is 114 cm³/mol. The van der Waals surface area contributed by atoms with Crippen LogP contribution in [0.3, 0.4) is 0 Å². The van der Waals surface area contributed by atoms with Gasteiger partial charge in [0.2, 0.25) is 0 Å². The Morgan fingerprint density at radius 3 is 2.56 bits per heavy atom. The molecule has 0 unspecified atom stereocenters. The number of halogens is 1. The fourth-order valence-corrected chi connectivity index (χ4v) is 2.88. The quantitative estimate of drug-likeness (QED) is 0.231. The maximum absolute atomic E-state index is 11.8. The molecule has 0 fully saturated rings. The average Bonchev–Trinajstić information content (AvgIpc) is 2.68. The van der Waals surface area contributed by atoms with E-state index in [9.17, 15) is 4.79 Å². The van der Waals surface area contributed by atoms with Gasteiger partial charge in [0.05, 0.1) is 12.8 Å². The lowest BCUT2D eigenvalue weighted by molar-refractivity contribution is -0.153. The lowest BCUT2D eigenvalue weighted by atomic mass is 10.0. The van der Waals surface area contributed by atoms with Gasteiger partial charge in [-0.15, -0.1) is 0 Å². The van der Waals surface area contributed by atoms with E-state index in [4.69, 9.17) is 14.3 Å². The predicted octanol–water partition coefficient (Wildman–Crippen LogP) is 4.35. The highest BCUT2D eigenvalue weighted by atomic mass is 127. The van der Waals surface area contributed by atoms with Gasteiger partial charge in [0.25, 0.3) is 0 Å². The highest BCUT2D eigenvalue weighted by Crippen LogP contribution is 2.13. The molecule has 0 saturated carbocycles. The lowest BCUT2D eigenvalue weighted by Crippen LogP contribution is -2.28. The van der Waals surface area contributed by atoms with Gasteiger partial charge >= 0.3 is 5.97 Å². The molecule has 0 aromatic heterocycles. The summed E-state index contributed by atoms with van der Waals surface area (Å²) < 4.78 is 11.5. The molecule has 2 aromatic rings. The SMILES string of the molecule is CCO[C@@H](Cc1cccc(/C(C)=N/OCc2ccc(I)cc2)c1)C(=O)OC. The van der Waals surface area contributed by atoms with Gasteiger partial charge in [-0.3, -0.25) is 0 Å². The number of nitrogens with zero attached hydrogens (tertiary/aromatic N) is 1. The number of hydrogen-bond acceptors (Lipinski definition) is 5. The highest BCUT2D eigenvalue weighted by molar-refractivity contribution is 14.1. The zero-order chi connectivity index (χ0) is 19.6. The summed E-state index contributed by atoms with van der Waals surface area (Å²) in [6.07, 6.45) is -0.157.